The summed E-state index contributed by atoms with van der Waals surface area (Å²) in [6.07, 6.45) is 1.66. The SMILES string of the molecule is CCOC(=O)C1=C(C)N=c2s/c(=C\c3ccc(OC(C)=O)c(OC)c3)c(=O)n2C1c1ccc(OC(C)=O)c(OC)c1. The zero-order chi connectivity index (χ0) is 29.8. The first-order chi connectivity index (χ1) is 19.6. The van der Waals surface area contributed by atoms with Crippen LogP contribution in [-0.4, -0.2) is 43.3 Å². The normalized spacial score (nSPS) is 14.6. The first kappa shape index (κ1) is 29.3. The monoisotopic (exact) mass is 580 g/mol. The molecule has 1 unspecified atom stereocenters. The van der Waals surface area contributed by atoms with Crippen molar-refractivity contribution in [3.63, 3.8) is 0 Å². The van der Waals surface area contributed by atoms with Crippen molar-refractivity contribution in [2.75, 3.05) is 20.8 Å². The second-order valence-corrected chi connectivity index (χ2v) is 9.82. The van der Waals surface area contributed by atoms with Crippen LogP contribution in [0.4, 0.5) is 0 Å². The number of hydrogen-bond donors (Lipinski definition) is 0. The van der Waals surface area contributed by atoms with Gasteiger partial charge in [0.15, 0.2) is 27.8 Å². The van der Waals surface area contributed by atoms with Crippen LogP contribution >= 0.6 is 11.3 Å². The van der Waals surface area contributed by atoms with Crippen LogP contribution in [-0.2, 0) is 19.1 Å². The minimum Gasteiger partial charge on any atom is -0.493 e. The van der Waals surface area contributed by atoms with E-state index in [9.17, 15) is 19.2 Å². The predicted octanol–water partition coefficient (Wildman–Crippen LogP) is 2.67. The van der Waals surface area contributed by atoms with Crippen LogP contribution in [0, 0.1) is 0 Å². The molecule has 1 aliphatic rings. The van der Waals surface area contributed by atoms with E-state index in [2.05, 4.69) is 4.99 Å². The van der Waals surface area contributed by atoms with Crippen molar-refractivity contribution in [2.24, 2.45) is 4.99 Å². The van der Waals surface area contributed by atoms with Gasteiger partial charge in [-0.3, -0.25) is 19.0 Å². The highest BCUT2D eigenvalue weighted by Gasteiger charge is 2.34. The predicted molar refractivity (Wildman–Crippen MR) is 149 cm³/mol. The van der Waals surface area contributed by atoms with Crippen molar-refractivity contribution in [2.45, 2.75) is 33.7 Å². The van der Waals surface area contributed by atoms with Crippen LogP contribution in [0.5, 0.6) is 23.0 Å². The third-order valence-electron chi connectivity index (χ3n) is 6.01. The number of fused-ring (bicyclic) bond motifs is 1. The molecule has 0 fully saturated rings. The molecule has 0 amide bonds. The zero-order valence-electron chi connectivity index (χ0n) is 23.3. The van der Waals surface area contributed by atoms with E-state index >= 15 is 0 Å². The van der Waals surface area contributed by atoms with E-state index < -0.39 is 23.9 Å². The maximum atomic E-state index is 13.9. The summed E-state index contributed by atoms with van der Waals surface area (Å²) in [5, 5.41) is 0. The fourth-order valence-electron chi connectivity index (χ4n) is 4.36. The Morgan fingerprint density at radius 2 is 1.56 bits per heavy atom. The molecule has 0 aliphatic carbocycles. The fourth-order valence-corrected chi connectivity index (χ4v) is 5.41. The van der Waals surface area contributed by atoms with Gasteiger partial charge < -0.3 is 23.7 Å². The minimum absolute atomic E-state index is 0.132. The fraction of sp³-hybridized carbons (Fsp3) is 0.276. The summed E-state index contributed by atoms with van der Waals surface area (Å²) >= 11 is 1.15. The zero-order valence-corrected chi connectivity index (χ0v) is 24.1. The molecule has 1 aromatic heterocycles. The average molecular weight is 581 g/mol. The molecule has 0 N–H and O–H groups in total. The highest BCUT2D eigenvalue weighted by Crippen LogP contribution is 2.36. The molecule has 4 rings (SSSR count). The quantitative estimate of drug-likeness (QED) is 0.291. The van der Waals surface area contributed by atoms with Gasteiger partial charge in [0, 0.05) is 13.8 Å². The summed E-state index contributed by atoms with van der Waals surface area (Å²) in [6, 6.07) is 8.81. The van der Waals surface area contributed by atoms with Gasteiger partial charge in [-0.2, -0.15) is 0 Å². The number of allylic oxidation sites excluding steroid dienone is 1. The first-order valence-corrected chi connectivity index (χ1v) is 13.3. The van der Waals surface area contributed by atoms with Crippen LogP contribution in [0.3, 0.4) is 0 Å². The lowest BCUT2D eigenvalue weighted by Crippen LogP contribution is -2.40. The summed E-state index contributed by atoms with van der Waals surface area (Å²) in [5.74, 6) is -0.612. The summed E-state index contributed by atoms with van der Waals surface area (Å²) in [4.78, 5) is 54.9. The van der Waals surface area contributed by atoms with Crippen molar-refractivity contribution in [3.8, 4) is 23.0 Å². The van der Waals surface area contributed by atoms with Gasteiger partial charge in [0.1, 0.15) is 0 Å². The second kappa shape index (κ2) is 12.2. The number of hydrogen-bond acceptors (Lipinski definition) is 11. The number of carbonyl (C=O) groups is 3. The molecular formula is C29H28N2O9S. The van der Waals surface area contributed by atoms with E-state index in [1.54, 1.807) is 56.3 Å². The molecule has 0 radical (unpaired) electrons. The Bertz CT molecular complexity index is 1750. The van der Waals surface area contributed by atoms with E-state index in [-0.39, 0.29) is 35.0 Å². The van der Waals surface area contributed by atoms with E-state index in [0.717, 1.165) is 11.3 Å². The molecule has 41 heavy (non-hydrogen) atoms. The molecule has 0 spiro atoms. The Morgan fingerprint density at radius 3 is 2.15 bits per heavy atom. The number of carbonyl (C=O) groups excluding carboxylic acids is 3. The molecule has 2 aromatic carbocycles. The Kier molecular flexibility index (Phi) is 8.72. The molecule has 1 aliphatic heterocycles. The number of methoxy groups -OCH3 is 2. The maximum absolute atomic E-state index is 13.9. The van der Waals surface area contributed by atoms with Crippen molar-refractivity contribution in [3.05, 3.63) is 78.5 Å². The number of ether oxygens (including phenoxy) is 5. The molecule has 12 heteroatoms. The molecule has 11 nitrogen and oxygen atoms in total. The number of esters is 3. The van der Waals surface area contributed by atoms with E-state index in [1.165, 1.54) is 32.6 Å². The Hall–Kier alpha value is -4.71. The van der Waals surface area contributed by atoms with Gasteiger partial charge in [0.25, 0.3) is 5.56 Å². The van der Waals surface area contributed by atoms with E-state index in [4.69, 9.17) is 23.7 Å². The van der Waals surface area contributed by atoms with Gasteiger partial charge in [0.05, 0.1) is 42.7 Å². The molecule has 2 heterocycles. The van der Waals surface area contributed by atoms with Crippen LogP contribution < -0.4 is 33.8 Å². The second-order valence-electron chi connectivity index (χ2n) is 8.81. The third-order valence-corrected chi connectivity index (χ3v) is 7.00. The van der Waals surface area contributed by atoms with Gasteiger partial charge >= 0.3 is 17.9 Å². The molecule has 0 saturated heterocycles. The molecular weight excluding hydrogens is 552 g/mol. The van der Waals surface area contributed by atoms with Crippen LogP contribution in [0.15, 0.2) is 57.5 Å². The Labute approximate surface area is 238 Å². The summed E-state index contributed by atoms with van der Waals surface area (Å²) in [7, 11) is 2.87. The number of aromatic nitrogens is 1. The van der Waals surface area contributed by atoms with Crippen LogP contribution in [0.25, 0.3) is 6.08 Å². The van der Waals surface area contributed by atoms with Gasteiger partial charge in [-0.25, -0.2) is 9.79 Å². The number of nitrogens with zero attached hydrogens (tertiary/aromatic N) is 2. The highest BCUT2D eigenvalue weighted by atomic mass is 32.1. The first-order valence-electron chi connectivity index (χ1n) is 12.5. The summed E-state index contributed by atoms with van der Waals surface area (Å²) < 4.78 is 28.3. The third kappa shape index (κ3) is 6.07. The molecule has 0 saturated carbocycles. The van der Waals surface area contributed by atoms with Crippen LogP contribution in [0.2, 0.25) is 0 Å². The van der Waals surface area contributed by atoms with Crippen LogP contribution in [0.1, 0.15) is 44.9 Å². The molecule has 1 atom stereocenters. The van der Waals surface area contributed by atoms with Crippen molar-refractivity contribution in [1.82, 2.24) is 4.57 Å². The van der Waals surface area contributed by atoms with Crippen molar-refractivity contribution >= 4 is 35.3 Å². The average Bonchev–Trinajstić information content (AvgIpc) is 3.22. The van der Waals surface area contributed by atoms with E-state index in [0.29, 0.717) is 31.9 Å². The molecule has 214 valence electrons. The lowest BCUT2D eigenvalue weighted by atomic mass is 9.95. The standard InChI is InChI=1S/C29H28N2O9S/c1-7-38-28(35)25-15(2)30-29-31(26(25)19-9-11-21(40-17(4)33)23(14-19)37-6)27(34)24(41-29)13-18-8-10-20(39-16(3)32)22(12-18)36-5/h8-14,26H,7H2,1-6H3/b24-13-. The van der Waals surface area contributed by atoms with Gasteiger partial charge in [0.2, 0.25) is 0 Å². The molecule has 0 bridgehead atoms. The topological polar surface area (TPSA) is 132 Å². The molecule has 3 aromatic rings. The minimum atomic E-state index is -0.895. The largest absolute Gasteiger partial charge is 0.493 e. The number of thiazole rings is 1. The summed E-state index contributed by atoms with van der Waals surface area (Å²) in [6.45, 7) is 6.06. The van der Waals surface area contributed by atoms with Crippen molar-refractivity contribution < 1.29 is 38.1 Å². The van der Waals surface area contributed by atoms with E-state index in [1.807, 2.05) is 0 Å². The highest BCUT2D eigenvalue weighted by molar-refractivity contribution is 7.07. The lowest BCUT2D eigenvalue weighted by Gasteiger charge is -2.25. The lowest BCUT2D eigenvalue weighted by molar-refractivity contribution is -0.139. The van der Waals surface area contributed by atoms with Crippen molar-refractivity contribution in [1.29, 1.82) is 0 Å². The number of benzene rings is 2. The van der Waals surface area contributed by atoms with Gasteiger partial charge in [-0.15, -0.1) is 0 Å². The van der Waals surface area contributed by atoms with Gasteiger partial charge in [-0.1, -0.05) is 23.5 Å². The Balaban J connectivity index is 1.91. The smallest absolute Gasteiger partial charge is 0.338 e. The Morgan fingerprint density at radius 1 is 0.951 bits per heavy atom. The number of rotatable bonds is 8. The summed E-state index contributed by atoms with van der Waals surface area (Å²) in [5.41, 5.74) is 1.35. The maximum Gasteiger partial charge on any atom is 0.338 e. The van der Waals surface area contributed by atoms with Gasteiger partial charge in [-0.05, 0) is 55.3 Å².